The molecule has 1 saturated heterocycles. The fourth-order valence-electron chi connectivity index (χ4n) is 2.12. The number of rotatable bonds is 4. The van der Waals surface area contributed by atoms with E-state index in [9.17, 15) is 14.0 Å². The first-order valence-electron chi connectivity index (χ1n) is 7.48. The normalized spacial score (nSPS) is 16.8. The van der Waals surface area contributed by atoms with E-state index < -0.39 is 5.82 Å². The van der Waals surface area contributed by atoms with Crippen LogP contribution in [0.1, 0.15) is 32.8 Å². The summed E-state index contributed by atoms with van der Waals surface area (Å²) in [6, 6.07) is 6.22. The average molecular weight is 366 g/mol. The van der Waals surface area contributed by atoms with Crippen molar-refractivity contribution in [3.05, 3.63) is 40.6 Å². The SMILES string of the molecule is CC(C)(C)NC(=O)CCN1C(=O)/C(=C/c2ccccc2F)SC1=S. The van der Waals surface area contributed by atoms with Crippen molar-refractivity contribution in [2.24, 2.45) is 0 Å². The molecule has 0 radical (unpaired) electrons. The fourth-order valence-corrected chi connectivity index (χ4v) is 3.42. The maximum atomic E-state index is 13.7. The molecular weight excluding hydrogens is 347 g/mol. The third-order valence-electron chi connectivity index (χ3n) is 3.14. The van der Waals surface area contributed by atoms with E-state index in [0.717, 1.165) is 11.8 Å². The van der Waals surface area contributed by atoms with E-state index >= 15 is 0 Å². The minimum atomic E-state index is -0.396. The maximum absolute atomic E-state index is 13.7. The summed E-state index contributed by atoms with van der Waals surface area (Å²) in [6.45, 7) is 5.88. The lowest BCUT2D eigenvalue weighted by atomic mass is 10.1. The van der Waals surface area contributed by atoms with Crippen molar-refractivity contribution >= 4 is 46.2 Å². The van der Waals surface area contributed by atoms with Crippen LogP contribution in [0.25, 0.3) is 6.08 Å². The van der Waals surface area contributed by atoms with Crippen LogP contribution in [0.4, 0.5) is 4.39 Å². The average Bonchev–Trinajstić information content (AvgIpc) is 2.72. The van der Waals surface area contributed by atoms with Gasteiger partial charge in [0.1, 0.15) is 10.1 Å². The van der Waals surface area contributed by atoms with Gasteiger partial charge in [0.25, 0.3) is 5.91 Å². The molecule has 128 valence electrons. The summed E-state index contributed by atoms with van der Waals surface area (Å²) in [4.78, 5) is 26.1. The van der Waals surface area contributed by atoms with Gasteiger partial charge in [-0.3, -0.25) is 14.5 Å². The van der Waals surface area contributed by atoms with Gasteiger partial charge in [-0.05, 0) is 32.9 Å². The Morgan fingerprint density at radius 3 is 2.67 bits per heavy atom. The van der Waals surface area contributed by atoms with E-state index in [1.165, 1.54) is 17.0 Å². The van der Waals surface area contributed by atoms with Crippen molar-refractivity contribution < 1.29 is 14.0 Å². The first-order valence-corrected chi connectivity index (χ1v) is 8.71. The van der Waals surface area contributed by atoms with Gasteiger partial charge in [0.05, 0.1) is 4.91 Å². The Morgan fingerprint density at radius 2 is 2.04 bits per heavy atom. The quantitative estimate of drug-likeness (QED) is 0.656. The summed E-state index contributed by atoms with van der Waals surface area (Å²) in [7, 11) is 0. The van der Waals surface area contributed by atoms with E-state index in [2.05, 4.69) is 5.32 Å². The first-order chi connectivity index (χ1) is 11.2. The van der Waals surface area contributed by atoms with Gasteiger partial charge in [-0.1, -0.05) is 42.2 Å². The number of nitrogens with one attached hydrogen (secondary N) is 1. The van der Waals surface area contributed by atoms with Crippen LogP contribution in [-0.2, 0) is 9.59 Å². The van der Waals surface area contributed by atoms with Gasteiger partial charge in [0.15, 0.2) is 0 Å². The van der Waals surface area contributed by atoms with Crippen molar-refractivity contribution in [3.8, 4) is 0 Å². The van der Waals surface area contributed by atoms with Gasteiger partial charge in [-0.15, -0.1) is 0 Å². The molecule has 4 nitrogen and oxygen atoms in total. The van der Waals surface area contributed by atoms with Crippen LogP contribution in [0.3, 0.4) is 0 Å². The Kier molecular flexibility index (Phi) is 5.77. The van der Waals surface area contributed by atoms with E-state index in [1.807, 2.05) is 20.8 Å². The van der Waals surface area contributed by atoms with Crippen LogP contribution in [0.5, 0.6) is 0 Å². The van der Waals surface area contributed by atoms with E-state index in [4.69, 9.17) is 12.2 Å². The van der Waals surface area contributed by atoms with Crippen molar-refractivity contribution in [2.45, 2.75) is 32.7 Å². The molecule has 1 aliphatic rings. The molecule has 1 aromatic carbocycles. The molecule has 0 unspecified atom stereocenters. The number of nitrogens with zero attached hydrogens (tertiary/aromatic N) is 1. The number of halogens is 1. The lowest BCUT2D eigenvalue weighted by Crippen LogP contribution is -2.42. The molecular formula is C17H19FN2O2S2. The van der Waals surface area contributed by atoms with Crippen molar-refractivity contribution in [1.29, 1.82) is 0 Å². The van der Waals surface area contributed by atoms with Gasteiger partial charge < -0.3 is 5.32 Å². The van der Waals surface area contributed by atoms with Crippen molar-refractivity contribution in [2.75, 3.05) is 6.54 Å². The third kappa shape index (κ3) is 4.88. The minimum absolute atomic E-state index is 0.144. The summed E-state index contributed by atoms with van der Waals surface area (Å²) in [6.07, 6.45) is 1.65. The summed E-state index contributed by atoms with van der Waals surface area (Å²) in [5, 5.41) is 2.84. The monoisotopic (exact) mass is 366 g/mol. The molecule has 0 spiro atoms. The van der Waals surface area contributed by atoms with Crippen molar-refractivity contribution in [1.82, 2.24) is 10.2 Å². The van der Waals surface area contributed by atoms with E-state index in [1.54, 1.807) is 18.2 Å². The van der Waals surface area contributed by atoms with Crippen LogP contribution < -0.4 is 5.32 Å². The first kappa shape index (κ1) is 18.6. The molecule has 1 heterocycles. The highest BCUT2D eigenvalue weighted by atomic mass is 32.2. The van der Waals surface area contributed by atoms with Gasteiger partial charge in [0, 0.05) is 24.1 Å². The molecule has 1 fully saturated rings. The number of carbonyl (C=O) groups is 2. The molecule has 2 amide bonds. The highest BCUT2D eigenvalue weighted by Crippen LogP contribution is 2.32. The molecule has 0 aromatic heterocycles. The van der Waals surface area contributed by atoms with Gasteiger partial charge in [-0.2, -0.15) is 0 Å². The summed E-state index contributed by atoms with van der Waals surface area (Å²) < 4.78 is 14.1. The van der Waals surface area contributed by atoms with Crippen LogP contribution in [0.2, 0.25) is 0 Å². The van der Waals surface area contributed by atoms with Gasteiger partial charge >= 0.3 is 0 Å². The Bertz CT molecular complexity index is 711. The number of carbonyl (C=O) groups excluding carboxylic acids is 2. The molecule has 1 N–H and O–H groups in total. The zero-order valence-electron chi connectivity index (χ0n) is 13.8. The molecule has 0 aliphatic carbocycles. The summed E-state index contributed by atoms with van der Waals surface area (Å²) >= 11 is 6.33. The summed E-state index contributed by atoms with van der Waals surface area (Å²) in [5.74, 6) is -0.834. The molecule has 0 saturated carbocycles. The highest BCUT2D eigenvalue weighted by Gasteiger charge is 2.32. The van der Waals surface area contributed by atoms with Gasteiger partial charge in [-0.25, -0.2) is 4.39 Å². The lowest BCUT2D eigenvalue weighted by molar-refractivity contribution is -0.124. The smallest absolute Gasteiger partial charge is 0.266 e. The zero-order chi connectivity index (χ0) is 17.9. The van der Waals surface area contributed by atoms with Crippen LogP contribution in [-0.4, -0.2) is 33.1 Å². The number of amides is 2. The predicted octanol–water partition coefficient (Wildman–Crippen LogP) is 3.33. The van der Waals surface area contributed by atoms with Crippen molar-refractivity contribution in [3.63, 3.8) is 0 Å². The molecule has 0 atom stereocenters. The Hall–Kier alpha value is -1.73. The number of hydrogen-bond acceptors (Lipinski definition) is 4. The van der Waals surface area contributed by atoms with Crippen LogP contribution >= 0.6 is 24.0 Å². The molecule has 7 heteroatoms. The van der Waals surface area contributed by atoms with Crippen LogP contribution in [0, 0.1) is 5.82 Å². The molecule has 24 heavy (non-hydrogen) atoms. The standard InChI is InChI=1S/C17H19FN2O2S2/c1-17(2,3)19-14(21)8-9-20-15(22)13(24-16(20)23)10-11-6-4-5-7-12(11)18/h4-7,10H,8-9H2,1-3H3,(H,19,21)/b13-10-. The topological polar surface area (TPSA) is 49.4 Å². The van der Waals surface area contributed by atoms with Gasteiger partial charge in [0.2, 0.25) is 5.91 Å². The minimum Gasteiger partial charge on any atom is -0.351 e. The Labute approximate surface area is 150 Å². The molecule has 1 aliphatic heterocycles. The third-order valence-corrected chi connectivity index (χ3v) is 4.52. The number of thioether (sulfide) groups is 1. The Morgan fingerprint density at radius 1 is 1.38 bits per heavy atom. The largest absolute Gasteiger partial charge is 0.351 e. The summed E-state index contributed by atoms with van der Waals surface area (Å²) in [5.41, 5.74) is 0.0144. The fraction of sp³-hybridized carbons (Fsp3) is 0.353. The second kappa shape index (κ2) is 7.44. The molecule has 2 rings (SSSR count). The second-order valence-electron chi connectivity index (χ2n) is 6.40. The highest BCUT2D eigenvalue weighted by molar-refractivity contribution is 8.26. The number of thiocarbonyl (C=S) groups is 1. The second-order valence-corrected chi connectivity index (χ2v) is 8.08. The number of benzene rings is 1. The Balaban J connectivity index is 2.04. The lowest BCUT2D eigenvalue weighted by Gasteiger charge is -2.21. The zero-order valence-corrected chi connectivity index (χ0v) is 15.4. The van der Waals surface area contributed by atoms with E-state index in [0.29, 0.717) is 14.8 Å². The maximum Gasteiger partial charge on any atom is 0.266 e. The van der Waals surface area contributed by atoms with Crippen LogP contribution in [0.15, 0.2) is 29.2 Å². The number of hydrogen-bond donors (Lipinski definition) is 1. The molecule has 1 aromatic rings. The molecule has 0 bridgehead atoms. The van der Waals surface area contributed by atoms with E-state index in [-0.39, 0.29) is 30.3 Å². The predicted molar refractivity (Wildman–Crippen MR) is 98.8 cm³/mol.